The van der Waals surface area contributed by atoms with Gasteiger partial charge in [0.05, 0.1) is 18.1 Å². The lowest BCUT2D eigenvalue weighted by atomic mass is 10.0. The van der Waals surface area contributed by atoms with Crippen LogP contribution in [0, 0.1) is 12.8 Å². The Labute approximate surface area is 152 Å². The van der Waals surface area contributed by atoms with Gasteiger partial charge >= 0.3 is 0 Å². The molecule has 0 radical (unpaired) electrons. The number of aromatic nitrogens is 3. The number of furan rings is 1. The van der Waals surface area contributed by atoms with E-state index in [9.17, 15) is 0 Å². The lowest BCUT2D eigenvalue weighted by Crippen LogP contribution is -2.23. The molecule has 3 aromatic heterocycles. The summed E-state index contributed by atoms with van der Waals surface area (Å²) in [6.45, 7) is 4.56. The van der Waals surface area contributed by atoms with E-state index in [1.807, 2.05) is 37.5 Å². The highest BCUT2D eigenvalue weighted by Gasteiger charge is 2.33. The molecule has 136 valence electrons. The van der Waals surface area contributed by atoms with Crippen molar-refractivity contribution in [3.05, 3.63) is 53.9 Å². The molecule has 1 aliphatic rings. The van der Waals surface area contributed by atoms with Gasteiger partial charge in [-0.3, -0.25) is 4.90 Å². The molecule has 4 heterocycles. The van der Waals surface area contributed by atoms with Crippen LogP contribution in [-0.4, -0.2) is 46.3 Å². The predicted octanol–water partition coefficient (Wildman–Crippen LogP) is 2.72. The fourth-order valence-corrected chi connectivity index (χ4v) is 3.52. The summed E-state index contributed by atoms with van der Waals surface area (Å²) in [7, 11) is 1.77. The summed E-state index contributed by atoms with van der Waals surface area (Å²) in [6.07, 6.45) is 6.37. The third kappa shape index (κ3) is 3.68. The predicted molar refractivity (Wildman–Crippen MR) is 94.2 cm³/mol. The standard InChI is InChI=1S/C19H22N4O3/c1-13-6-16(26-22-13)7-15-11-23(12-18(15)24-2)10-14-8-20-19(21-9-14)17-4-3-5-25-17/h3-6,8-9,15,18H,7,10-12H2,1-2H3. The lowest BCUT2D eigenvalue weighted by molar-refractivity contribution is 0.0761. The number of likely N-dealkylation sites (tertiary alicyclic amines) is 1. The van der Waals surface area contributed by atoms with Gasteiger partial charge in [-0.05, 0) is 19.1 Å². The number of rotatable bonds is 6. The van der Waals surface area contributed by atoms with E-state index in [2.05, 4.69) is 20.0 Å². The van der Waals surface area contributed by atoms with Crippen molar-refractivity contribution >= 4 is 0 Å². The smallest absolute Gasteiger partial charge is 0.195 e. The van der Waals surface area contributed by atoms with Crippen LogP contribution in [0.15, 0.2) is 45.8 Å². The van der Waals surface area contributed by atoms with Crippen LogP contribution in [0.2, 0.25) is 0 Å². The summed E-state index contributed by atoms with van der Waals surface area (Å²) in [4.78, 5) is 11.2. The Kier molecular flexibility index (Phi) is 4.81. The Morgan fingerprint density at radius 2 is 2.12 bits per heavy atom. The minimum Gasteiger partial charge on any atom is -0.461 e. The summed E-state index contributed by atoms with van der Waals surface area (Å²) in [5.74, 6) is 2.59. The first-order valence-corrected chi connectivity index (χ1v) is 8.73. The normalized spacial score (nSPS) is 20.7. The van der Waals surface area contributed by atoms with Crippen molar-refractivity contribution in [2.75, 3.05) is 20.2 Å². The van der Waals surface area contributed by atoms with Gasteiger partial charge in [-0.2, -0.15) is 0 Å². The fourth-order valence-electron chi connectivity index (χ4n) is 3.52. The van der Waals surface area contributed by atoms with E-state index in [1.165, 1.54) is 0 Å². The number of nitrogens with zero attached hydrogens (tertiary/aromatic N) is 4. The molecule has 3 aromatic rings. The minimum absolute atomic E-state index is 0.184. The molecule has 0 amide bonds. The fraction of sp³-hybridized carbons (Fsp3) is 0.421. The molecule has 0 aliphatic carbocycles. The van der Waals surface area contributed by atoms with Gasteiger partial charge in [-0.25, -0.2) is 9.97 Å². The van der Waals surface area contributed by atoms with Gasteiger partial charge < -0.3 is 13.7 Å². The number of methoxy groups -OCH3 is 1. The Hall–Kier alpha value is -2.51. The molecule has 7 nitrogen and oxygen atoms in total. The van der Waals surface area contributed by atoms with Gasteiger partial charge in [0.15, 0.2) is 11.6 Å². The second kappa shape index (κ2) is 7.39. The van der Waals surface area contributed by atoms with Crippen molar-refractivity contribution in [1.82, 2.24) is 20.0 Å². The molecule has 4 rings (SSSR count). The maximum atomic E-state index is 5.69. The van der Waals surface area contributed by atoms with Crippen LogP contribution in [0.1, 0.15) is 17.0 Å². The van der Waals surface area contributed by atoms with Crippen LogP contribution in [0.3, 0.4) is 0 Å². The van der Waals surface area contributed by atoms with Crippen molar-refractivity contribution in [1.29, 1.82) is 0 Å². The molecular formula is C19H22N4O3. The summed E-state index contributed by atoms with van der Waals surface area (Å²) in [5.41, 5.74) is 1.99. The van der Waals surface area contributed by atoms with Crippen LogP contribution >= 0.6 is 0 Å². The van der Waals surface area contributed by atoms with Gasteiger partial charge in [-0.1, -0.05) is 5.16 Å². The number of hydrogen-bond acceptors (Lipinski definition) is 7. The summed E-state index contributed by atoms with van der Waals surface area (Å²) in [6, 6.07) is 5.68. The zero-order valence-corrected chi connectivity index (χ0v) is 15.0. The van der Waals surface area contributed by atoms with Gasteiger partial charge in [0, 0.05) is 63.1 Å². The first kappa shape index (κ1) is 16.9. The molecule has 0 spiro atoms. The van der Waals surface area contributed by atoms with Crippen LogP contribution < -0.4 is 0 Å². The van der Waals surface area contributed by atoms with Gasteiger partial charge in [0.25, 0.3) is 0 Å². The Morgan fingerprint density at radius 3 is 2.77 bits per heavy atom. The van der Waals surface area contributed by atoms with E-state index in [-0.39, 0.29) is 6.10 Å². The first-order chi connectivity index (χ1) is 12.7. The third-order valence-electron chi connectivity index (χ3n) is 4.75. The molecule has 26 heavy (non-hydrogen) atoms. The van der Waals surface area contributed by atoms with Gasteiger partial charge in [0.1, 0.15) is 5.76 Å². The van der Waals surface area contributed by atoms with Crippen molar-refractivity contribution in [2.45, 2.75) is 26.0 Å². The molecule has 0 aromatic carbocycles. The highest BCUT2D eigenvalue weighted by Crippen LogP contribution is 2.25. The average Bonchev–Trinajstić information content (AvgIpc) is 3.38. The quantitative estimate of drug-likeness (QED) is 0.673. The summed E-state index contributed by atoms with van der Waals surface area (Å²) in [5, 5.41) is 3.97. The van der Waals surface area contributed by atoms with E-state index < -0.39 is 0 Å². The Morgan fingerprint density at radius 1 is 1.27 bits per heavy atom. The average molecular weight is 354 g/mol. The third-order valence-corrected chi connectivity index (χ3v) is 4.75. The molecule has 1 aliphatic heterocycles. The van der Waals surface area contributed by atoms with Crippen LogP contribution in [0.4, 0.5) is 0 Å². The van der Waals surface area contributed by atoms with E-state index in [0.29, 0.717) is 17.5 Å². The topological polar surface area (TPSA) is 77.4 Å². The first-order valence-electron chi connectivity index (χ1n) is 8.73. The summed E-state index contributed by atoms with van der Waals surface area (Å²) < 4.78 is 16.4. The van der Waals surface area contributed by atoms with Gasteiger partial charge in [-0.15, -0.1) is 0 Å². The minimum atomic E-state index is 0.184. The molecule has 2 atom stereocenters. The van der Waals surface area contributed by atoms with Crippen LogP contribution in [-0.2, 0) is 17.7 Å². The van der Waals surface area contributed by atoms with Crippen molar-refractivity contribution in [3.8, 4) is 11.6 Å². The molecule has 2 unspecified atom stereocenters. The Balaban J connectivity index is 1.39. The molecule has 1 saturated heterocycles. The number of hydrogen-bond donors (Lipinski definition) is 0. The maximum Gasteiger partial charge on any atom is 0.195 e. The largest absolute Gasteiger partial charge is 0.461 e. The Bertz CT molecular complexity index is 829. The van der Waals surface area contributed by atoms with Crippen molar-refractivity contribution < 1.29 is 13.7 Å². The monoisotopic (exact) mass is 354 g/mol. The van der Waals surface area contributed by atoms with Crippen LogP contribution in [0.5, 0.6) is 0 Å². The molecular weight excluding hydrogens is 332 g/mol. The highest BCUT2D eigenvalue weighted by molar-refractivity contribution is 5.45. The molecule has 7 heteroatoms. The summed E-state index contributed by atoms with van der Waals surface area (Å²) >= 11 is 0. The van der Waals surface area contributed by atoms with Crippen LogP contribution in [0.25, 0.3) is 11.6 Å². The highest BCUT2D eigenvalue weighted by atomic mass is 16.5. The molecule has 1 fully saturated rings. The molecule has 0 N–H and O–H groups in total. The van der Waals surface area contributed by atoms with E-state index in [4.69, 9.17) is 13.7 Å². The number of aryl methyl sites for hydroxylation is 1. The second-order valence-corrected chi connectivity index (χ2v) is 6.76. The molecule has 0 bridgehead atoms. The van der Waals surface area contributed by atoms with E-state index >= 15 is 0 Å². The van der Waals surface area contributed by atoms with E-state index in [0.717, 1.165) is 43.1 Å². The van der Waals surface area contributed by atoms with Gasteiger partial charge in [0.2, 0.25) is 0 Å². The SMILES string of the molecule is COC1CN(Cc2cnc(-c3ccco3)nc2)CC1Cc1cc(C)no1. The van der Waals surface area contributed by atoms with Crippen molar-refractivity contribution in [3.63, 3.8) is 0 Å². The van der Waals surface area contributed by atoms with E-state index in [1.54, 1.807) is 13.4 Å². The number of ether oxygens (including phenoxy) is 1. The lowest BCUT2D eigenvalue weighted by Gasteiger charge is -2.14. The zero-order valence-electron chi connectivity index (χ0n) is 15.0. The molecule has 0 saturated carbocycles. The second-order valence-electron chi connectivity index (χ2n) is 6.76. The van der Waals surface area contributed by atoms with Crippen molar-refractivity contribution in [2.24, 2.45) is 5.92 Å². The maximum absolute atomic E-state index is 5.69. The zero-order chi connectivity index (χ0) is 17.9.